The Balaban J connectivity index is 1.46. The first-order valence-corrected chi connectivity index (χ1v) is 10.0. The van der Waals surface area contributed by atoms with Gasteiger partial charge in [-0.25, -0.2) is 0 Å². The third-order valence-electron chi connectivity index (χ3n) is 5.88. The van der Waals surface area contributed by atoms with Gasteiger partial charge in [0, 0.05) is 44.0 Å². The van der Waals surface area contributed by atoms with Gasteiger partial charge >= 0.3 is 0 Å². The molecule has 1 aromatic carbocycles. The second kappa shape index (κ2) is 8.12. The van der Waals surface area contributed by atoms with Crippen molar-refractivity contribution in [3.8, 4) is 0 Å². The first-order valence-electron chi connectivity index (χ1n) is 10.0. The zero-order valence-corrected chi connectivity index (χ0v) is 16.1. The summed E-state index contributed by atoms with van der Waals surface area (Å²) in [5.41, 5.74) is 0.629. The van der Waals surface area contributed by atoms with Crippen LogP contribution >= 0.6 is 0 Å². The second-order valence-electron chi connectivity index (χ2n) is 7.83. The van der Waals surface area contributed by atoms with Gasteiger partial charge in [-0.3, -0.25) is 9.59 Å². The van der Waals surface area contributed by atoms with Crippen molar-refractivity contribution in [1.29, 1.82) is 0 Å². The van der Waals surface area contributed by atoms with E-state index in [4.69, 9.17) is 4.42 Å². The highest BCUT2D eigenvalue weighted by atomic mass is 16.4. The highest BCUT2D eigenvalue weighted by Gasteiger charge is 2.41. The van der Waals surface area contributed by atoms with Crippen molar-refractivity contribution in [1.82, 2.24) is 20.4 Å². The van der Waals surface area contributed by atoms with Crippen molar-refractivity contribution in [2.24, 2.45) is 11.8 Å². The topological polar surface area (TPSA) is 88.3 Å². The molecule has 1 aliphatic carbocycles. The van der Waals surface area contributed by atoms with Crippen molar-refractivity contribution in [3.63, 3.8) is 0 Å². The van der Waals surface area contributed by atoms with Crippen molar-refractivity contribution in [2.75, 3.05) is 19.6 Å². The molecule has 0 unspecified atom stereocenters. The number of benzene rings is 1. The van der Waals surface area contributed by atoms with Gasteiger partial charge in [-0.1, -0.05) is 31.0 Å². The van der Waals surface area contributed by atoms with Gasteiger partial charge in [-0.2, -0.15) is 0 Å². The number of likely N-dealkylation sites (tertiary alicyclic amines) is 1. The zero-order valence-electron chi connectivity index (χ0n) is 16.1. The average Bonchev–Trinajstić information content (AvgIpc) is 3.46. The monoisotopic (exact) mass is 382 g/mol. The average molecular weight is 382 g/mol. The van der Waals surface area contributed by atoms with Gasteiger partial charge in [-0.05, 0) is 25.0 Å². The second-order valence-corrected chi connectivity index (χ2v) is 7.83. The van der Waals surface area contributed by atoms with E-state index >= 15 is 0 Å². The summed E-state index contributed by atoms with van der Waals surface area (Å²) in [6, 6.07) is 9.15. The van der Waals surface area contributed by atoms with Crippen molar-refractivity contribution in [3.05, 3.63) is 47.7 Å². The van der Waals surface area contributed by atoms with E-state index in [2.05, 4.69) is 15.5 Å². The largest absolute Gasteiger partial charge is 0.425 e. The standard InChI is InChI=1S/C21H26N4O3/c1-14-23-24-20(28-14)18-13-25(21(27)16-9-5-6-10-16)12-17(18)11-22-19(26)15-7-3-2-4-8-15/h2-4,7-8,16-18H,5-6,9-13H2,1H3,(H,22,26)/t17-,18-/m0/s1. The number of hydrogen-bond donors (Lipinski definition) is 1. The number of rotatable bonds is 5. The van der Waals surface area contributed by atoms with E-state index in [1.165, 1.54) is 0 Å². The fourth-order valence-electron chi connectivity index (χ4n) is 4.35. The molecule has 0 bridgehead atoms. The van der Waals surface area contributed by atoms with Gasteiger partial charge in [0.15, 0.2) is 0 Å². The van der Waals surface area contributed by atoms with E-state index in [0.717, 1.165) is 25.7 Å². The first kappa shape index (κ1) is 18.7. The summed E-state index contributed by atoms with van der Waals surface area (Å²) in [5, 5.41) is 11.1. The fraction of sp³-hybridized carbons (Fsp3) is 0.524. The van der Waals surface area contributed by atoms with Gasteiger partial charge in [0.1, 0.15) is 0 Å². The van der Waals surface area contributed by atoms with Gasteiger partial charge < -0.3 is 14.6 Å². The van der Waals surface area contributed by atoms with Crippen molar-refractivity contribution < 1.29 is 14.0 Å². The van der Waals surface area contributed by atoms with Gasteiger partial charge in [0.25, 0.3) is 5.91 Å². The molecule has 2 aliphatic rings. The third-order valence-corrected chi connectivity index (χ3v) is 5.88. The molecule has 1 saturated carbocycles. The Morgan fingerprint density at radius 3 is 2.57 bits per heavy atom. The minimum absolute atomic E-state index is 0.0531. The summed E-state index contributed by atoms with van der Waals surface area (Å²) in [4.78, 5) is 27.3. The molecule has 1 aliphatic heterocycles. The number of aryl methyl sites for hydroxylation is 1. The number of carbonyl (C=O) groups is 2. The molecule has 1 N–H and O–H groups in total. The lowest BCUT2D eigenvalue weighted by Crippen LogP contribution is -2.35. The van der Waals surface area contributed by atoms with Crippen LogP contribution in [0.3, 0.4) is 0 Å². The molecule has 2 fully saturated rings. The van der Waals surface area contributed by atoms with Crippen molar-refractivity contribution >= 4 is 11.8 Å². The SMILES string of the molecule is Cc1nnc([C@H]2CN(C(=O)C3CCCC3)C[C@@H]2CNC(=O)c2ccccc2)o1. The molecule has 28 heavy (non-hydrogen) atoms. The molecule has 2 aromatic rings. The molecule has 4 rings (SSSR count). The summed E-state index contributed by atoms with van der Waals surface area (Å²) < 4.78 is 5.67. The fourth-order valence-corrected chi connectivity index (χ4v) is 4.35. The van der Waals surface area contributed by atoms with Crippen LogP contribution < -0.4 is 5.32 Å². The predicted octanol–water partition coefficient (Wildman–Crippen LogP) is 2.54. The molecule has 2 heterocycles. The molecule has 1 aromatic heterocycles. The summed E-state index contributed by atoms with van der Waals surface area (Å²) in [6.45, 7) is 3.41. The van der Waals surface area contributed by atoms with E-state index in [-0.39, 0.29) is 29.6 Å². The van der Waals surface area contributed by atoms with E-state index in [0.29, 0.717) is 37.0 Å². The number of amides is 2. The Bertz CT molecular complexity index is 829. The number of aromatic nitrogens is 2. The lowest BCUT2D eigenvalue weighted by atomic mass is 9.96. The molecule has 7 heteroatoms. The van der Waals surface area contributed by atoms with Gasteiger partial charge in [0.2, 0.25) is 17.7 Å². The molecule has 1 saturated heterocycles. The number of carbonyl (C=O) groups excluding carboxylic acids is 2. The number of hydrogen-bond acceptors (Lipinski definition) is 5. The van der Waals surface area contributed by atoms with E-state index in [9.17, 15) is 9.59 Å². The third kappa shape index (κ3) is 3.93. The zero-order chi connectivity index (χ0) is 19.5. The minimum Gasteiger partial charge on any atom is -0.425 e. The molecular formula is C21H26N4O3. The summed E-state index contributed by atoms with van der Waals surface area (Å²) in [6.07, 6.45) is 4.23. The minimum atomic E-state index is -0.110. The van der Waals surface area contributed by atoms with Crippen LogP contribution in [0.2, 0.25) is 0 Å². The Morgan fingerprint density at radius 2 is 1.89 bits per heavy atom. The number of nitrogens with one attached hydrogen (secondary N) is 1. The normalized spacial score (nSPS) is 22.5. The van der Waals surface area contributed by atoms with Crippen LogP contribution in [0.1, 0.15) is 53.7 Å². The first-order chi connectivity index (χ1) is 13.6. The van der Waals surface area contributed by atoms with Crippen LogP contribution in [0.5, 0.6) is 0 Å². The quantitative estimate of drug-likeness (QED) is 0.858. The van der Waals surface area contributed by atoms with Crippen LogP contribution in [0.25, 0.3) is 0 Å². The Hall–Kier alpha value is -2.70. The summed E-state index contributed by atoms with van der Waals surface area (Å²) in [7, 11) is 0. The molecule has 7 nitrogen and oxygen atoms in total. The molecule has 0 radical (unpaired) electrons. The maximum atomic E-state index is 12.9. The highest BCUT2D eigenvalue weighted by molar-refractivity contribution is 5.94. The van der Waals surface area contributed by atoms with Crippen molar-refractivity contribution in [2.45, 2.75) is 38.5 Å². The maximum Gasteiger partial charge on any atom is 0.251 e. The lowest BCUT2D eigenvalue weighted by molar-refractivity contribution is -0.134. The van der Waals surface area contributed by atoms with Crippen LogP contribution in [0, 0.1) is 18.8 Å². The Labute approximate surface area is 164 Å². The highest BCUT2D eigenvalue weighted by Crippen LogP contribution is 2.35. The molecular weight excluding hydrogens is 356 g/mol. The molecule has 0 spiro atoms. The predicted molar refractivity (Wildman–Crippen MR) is 103 cm³/mol. The van der Waals surface area contributed by atoms with E-state index in [1.54, 1.807) is 19.1 Å². The summed E-state index contributed by atoms with van der Waals surface area (Å²) in [5.74, 6) is 1.33. The summed E-state index contributed by atoms with van der Waals surface area (Å²) >= 11 is 0. The Morgan fingerprint density at radius 1 is 1.14 bits per heavy atom. The van der Waals surface area contributed by atoms with Gasteiger partial charge in [-0.15, -0.1) is 10.2 Å². The molecule has 148 valence electrons. The molecule has 2 amide bonds. The van der Waals surface area contributed by atoms with Crippen LogP contribution in [-0.4, -0.2) is 46.5 Å². The van der Waals surface area contributed by atoms with E-state index < -0.39 is 0 Å². The molecule has 2 atom stereocenters. The van der Waals surface area contributed by atoms with Crippen LogP contribution in [-0.2, 0) is 4.79 Å². The lowest BCUT2D eigenvalue weighted by Gasteiger charge is -2.20. The number of nitrogens with zero attached hydrogens (tertiary/aromatic N) is 3. The van der Waals surface area contributed by atoms with E-state index in [1.807, 2.05) is 23.1 Å². The van der Waals surface area contributed by atoms with Crippen LogP contribution in [0.4, 0.5) is 0 Å². The maximum absolute atomic E-state index is 12.9. The van der Waals surface area contributed by atoms with Gasteiger partial charge in [0.05, 0.1) is 5.92 Å². The van der Waals surface area contributed by atoms with Crippen LogP contribution in [0.15, 0.2) is 34.7 Å². The smallest absolute Gasteiger partial charge is 0.251 e. The Kier molecular flexibility index (Phi) is 5.41.